The topological polar surface area (TPSA) is 42.4 Å². The molecule has 1 aromatic carbocycles. The Bertz CT molecular complexity index is 469. The number of ether oxygens (including phenoxy) is 1. The summed E-state index contributed by atoms with van der Waals surface area (Å²) in [6, 6.07) is 12.5. The fourth-order valence-electron chi connectivity index (χ4n) is 1.37. The van der Waals surface area contributed by atoms with Crippen LogP contribution in [-0.4, -0.2) is 17.2 Å². The van der Waals surface area contributed by atoms with Crippen LogP contribution in [0.5, 0.6) is 11.6 Å². The van der Waals surface area contributed by atoms with Crippen molar-refractivity contribution in [3.63, 3.8) is 0 Å². The van der Waals surface area contributed by atoms with E-state index in [1.807, 2.05) is 24.3 Å². The first-order chi connectivity index (χ1) is 7.31. The summed E-state index contributed by atoms with van der Waals surface area (Å²) in [4.78, 5) is 4.24. The van der Waals surface area contributed by atoms with Crippen LogP contribution >= 0.6 is 0 Å². The highest BCUT2D eigenvalue weighted by molar-refractivity contribution is 5.66. The Morgan fingerprint density at radius 3 is 2.60 bits per heavy atom. The summed E-state index contributed by atoms with van der Waals surface area (Å²) in [7, 11) is 1.57. The van der Waals surface area contributed by atoms with Gasteiger partial charge in [-0.25, -0.2) is 4.98 Å². The summed E-state index contributed by atoms with van der Waals surface area (Å²) < 4.78 is 5.02. The second-order valence-electron chi connectivity index (χ2n) is 3.08. The molecule has 0 aliphatic carbocycles. The Labute approximate surface area is 88.0 Å². The van der Waals surface area contributed by atoms with E-state index in [0.29, 0.717) is 17.1 Å². The van der Waals surface area contributed by atoms with Crippen molar-refractivity contribution in [1.82, 2.24) is 4.98 Å². The average molecular weight is 201 g/mol. The smallest absolute Gasteiger partial charge is 0.213 e. The van der Waals surface area contributed by atoms with Gasteiger partial charge in [0.2, 0.25) is 5.88 Å². The predicted molar refractivity (Wildman–Crippen MR) is 57.9 cm³/mol. The molecule has 0 atom stereocenters. The Morgan fingerprint density at radius 1 is 1.07 bits per heavy atom. The summed E-state index contributed by atoms with van der Waals surface area (Å²) >= 11 is 0. The first-order valence-corrected chi connectivity index (χ1v) is 4.60. The van der Waals surface area contributed by atoms with E-state index in [2.05, 4.69) is 4.98 Å². The normalized spacial score (nSPS) is 9.93. The molecule has 1 N–H and O–H groups in total. The van der Waals surface area contributed by atoms with Crippen molar-refractivity contribution in [2.24, 2.45) is 0 Å². The van der Waals surface area contributed by atoms with Crippen molar-refractivity contribution in [3.8, 4) is 22.9 Å². The third-order valence-corrected chi connectivity index (χ3v) is 2.11. The minimum Gasteiger partial charge on any atom is -0.507 e. The zero-order valence-corrected chi connectivity index (χ0v) is 8.34. The van der Waals surface area contributed by atoms with Crippen molar-refractivity contribution in [1.29, 1.82) is 0 Å². The predicted octanol–water partition coefficient (Wildman–Crippen LogP) is 2.46. The molecule has 76 valence electrons. The second kappa shape index (κ2) is 4.00. The highest BCUT2D eigenvalue weighted by Gasteiger charge is 2.04. The SMILES string of the molecule is COc1cccc(-c2ccccc2O)n1. The molecule has 1 aromatic heterocycles. The number of rotatable bonds is 2. The van der Waals surface area contributed by atoms with E-state index in [4.69, 9.17) is 4.74 Å². The van der Waals surface area contributed by atoms with Crippen LogP contribution in [0.4, 0.5) is 0 Å². The Kier molecular flexibility index (Phi) is 2.54. The van der Waals surface area contributed by atoms with Crippen LogP contribution in [0.3, 0.4) is 0 Å². The third kappa shape index (κ3) is 1.91. The lowest BCUT2D eigenvalue weighted by Gasteiger charge is -2.04. The number of phenols is 1. The number of aromatic hydroxyl groups is 1. The molecule has 0 aliphatic rings. The van der Waals surface area contributed by atoms with Crippen LogP contribution < -0.4 is 4.74 Å². The zero-order chi connectivity index (χ0) is 10.7. The number of aromatic nitrogens is 1. The molecule has 0 aliphatic heterocycles. The molecule has 3 nitrogen and oxygen atoms in total. The third-order valence-electron chi connectivity index (χ3n) is 2.11. The first kappa shape index (κ1) is 9.52. The Hall–Kier alpha value is -2.03. The Morgan fingerprint density at radius 2 is 1.87 bits per heavy atom. The van der Waals surface area contributed by atoms with Crippen LogP contribution in [0.1, 0.15) is 0 Å². The maximum absolute atomic E-state index is 9.65. The molecule has 3 heteroatoms. The monoisotopic (exact) mass is 201 g/mol. The van der Waals surface area contributed by atoms with Gasteiger partial charge >= 0.3 is 0 Å². The fourth-order valence-corrected chi connectivity index (χ4v) is 1.37. The van der Waals surface area contributed by atoms with Gasteiger partial charge in [0.25, 0.3) is 0 Å². The molecule has 0 saturated heterocycles. The number of para-hydroxylation sites is 1. The molecule has 0 amide bonds. The molecular formula is C12H11NO2. The van der Waals surface area contributed by atoms with Gasteiger partial charge in [0.05, 0.1) is 12.8 Å². The van der Waals surface area contributed by atoms with Crippen molar-refractivity contribution in [2.45, 2.75) is 0 Å². The molecule has 0 bridgehead atoms. The number of methoxy groups -OCH3 is 1. The van der Waals surface area contributed by atoms with E-state index in [0.717, 1.165) is 0 Å². The standard InChI is InChI=1S/C12H11NO2/c1-15-12-8-4-6-10(13-12)9-5-2-3-7-11(9)14/h2-8,14H,1H3. The molecule has 15 heavy (non-hydrogen) atoms. The van der Waals surface area contributed by atoms with E-state index < -0.39 is 0 Å². The van der Waals surface area contributed by atoms with E-state index >= 15 is 0 Å². The van der Waals surface area contributed by atoms with Gasteiger partial charge in [-0.2, -0.15) is 0 Å². The lowest BCUT2D eigenvalue weighted by molar-refractivity contribution is 0.398. The quantitative estimate of drug-likeness (QED) is 0.811. The van der Waals surface area contributed by atoms with Gasteiger partial charge in [0.1, 0.15) is 5.75 Å². The molecule has 2 rings (SSSR count). The zero-order valence-electron chi connectivity index (χ0n) is 8.34. The second-order valence-corrected chi connectivity index (χ2v) is 3.08. The highest BCUT2D eigenvalue weighted by Crippen LogP contribution is 2.27. The molecular weight excluding hydrogens is 190 g/mol. The van der Waals surface area contributed by atoms with E-state index in [1.54, 1.807) is 25.3 Å². The van der Waals surface area contributed by atoms with Gasteiger partial charge in [-0.3, -0.25) is 0 Å². The summed E-state index contributed by atoms with van der Waals surface area (Å²) in [6.45, 7) is 0. The van der Waals surface area contributed by atoms with Crippen LogP contribution in [0.25, 0.3) is 11.3 Å². The maximum Gasteiger partial charge on any atom is 0.213 e. The molecule has 0 fully saturated rings. The number of hydrogen-bond donors (Lipinski definition) is 1. The molecule has 0 unspecified atom stereocenters. The van der Waals surface area contributed by atoms with Crippen LogP contribution in [0, 0.1) is 0 Å². The highest BCUT2D eigenvalue weighted by atomic mass is 16.5. The first-order valence-electron chi connectivity index (χ1n) is 4.60. The number of pyridine rings is 1. The van der Waals surface area contributed by atoms with Gasteiger partial charge in [-0.05, 0) is 18.2 Å². The van der Waals surface area contributed by atoms with Gasteiger partial charge < -0.3 is 9.84 Å². The van der Waals surface area contributed by atoms with Crippen LogP contribution in [0.2, 0.25) is 0 Å². The molecule has 2 aromatic rings. The molecule has 1 heterocycles. The minimum atomic E-state index is 0.221. The van der Waals surface area contributed by atoms with Gasteiger partial charge in [0, 0.05) is 11.6 Å². The number of hydrogen-bond acceptors (Lipinski definition) is 3. The maximum atomic E-state index is 9.65. The van der Waals surface area contributed by atoms with Crippen LogP contribution in [-0.2, 0) is 0 Å². The lowest BCUT2D eigenvalue weighted by Crippen LogP contribution is -1.89. The largest absolute Gasteiger partial charge is 0.507 e. The van der Waals surface area contributed by atoms with Crippen molar-refractivity contribution in [2.75, 3.05) is 7.11 Å². The van der Waals surface area contributed by atoms with E-state index in [-0.39, 0.29) is 5.75 Å². The molecule has 0 radical (unpaired) electrons. The number of phenolic OH excluding ortho intramolecular Hbond substituents is 1. The number of benzene rings is 1. The summed E-state index contributed by atoms with van der Waals surface area (Å²) in [5.41, 5.74) is 1.41. The van der Waals surface area contributed by atoms with Crippen molar-refractivity contribution in [3.05, 3.63) is 42.5 Å². The van der Waals surface area contributed by atoms with E-state index in [1.165, 1.54) is 0 Å². The van der Waals surface area contributed by atoms with Gasteiger partial charge in [-0.15, -0.1) is 0 Å². The molecule has 0 spiro atoms. The Balaban J connectivity index is 2.49. The van der Waals surface area contributed by atoms with Crippen molar-refractivity contribution < 1.29 is 9.84 Å². The fraction of sp³-hybridized carbons (Fsp3) is 0.0833. The number of nitrogens with zero attached hydrogens (tertiary/aromatic N) is 1. The minimum absolute atomic E-state index is 0.221. The summed E-state index contributed by atoms with van der Waals surface area (Å²) in [5, 5.41) is 9.65. The summed E-state index contributed by atoms with van der Waals surface area (Å²) in [6.07, 6.45) is 0. The summed E-state index contributed by atoms with van der Waals surface area (Å²) in [5.74, 6) is 0.758. The van der Waals surface area contributed by atoms with Crippen molar-refractivity contribution >= 4 is 0 Å². The van der Waals surface area contributed by atoms with E-state index in [9.17, 15) is 5.11 Å². The average Bonchev–Trinajstić information content (AvgIpc) is 2.30. The van der Waals surface area contributed by atoms with Crippen LogP contribution in [0.15, 0.2) is 42.5 Å². The lowest BCUT2D eigenvalue weighted by atomic mass is 10.1. The van der Waals surface area contributed by atoms with Gasteiger partial charge in [-0.1, -0.05) is 18.2 Å². The van der Waals surface area contributed by atoms with Gasteiger partial charge in [0.15, 0.2) is 0 Å². The molecule has 0 saturated carbocycles.